The molecule has 3 heterocycles. The Morgan fingerprint density at radius 3 is 3.09 bits per heavy atom. The predicted molar refractivity (Wildman–Crippen MR) is 93.9 cm³/mol. The SMILES string of the molecule is Cn1ccnc1C1CCCN(Cc2cc3c(O)cccc3s2)C1. The van der Waals surface area contributed by atoms with E-state index in [0.717, 1.165) is 29.7 Å². The normalized spacial score (nSPS) is 19.4. The van der Waals surface area contributed by atoms with Gasteiger partial charge in [0.25, 0.3) is 0 Å². The van der Waals surface area contributed by atoms with Crippen LogP contribution in [-0.4, -0.2) is 32.6 Å². The summed E-state index contributed by atoms with van der Waals surface area (Å²) in [6.45, 7) is 3.16. The number of thiophene rings is 1. The third-order valence-electron chi connectivity index (χ3n) is 4.70. The number of rotatable bonds is 3. The number of phenolic OH excluding ortho intramolecular Hbond substituents is 1. The minimum atomic E-state index is 0.384. The van der Waals surface area contributed by atoms with Gasteiger partial charge in [-0.15, -0.1) is 11.3 Å². The lowest BCUT2D eigenvalue weighted by molar-refractivity contribution is 0.197. The number of phenols is 1. The van der Waals surface area contributed by atoms with Crippen molar-refractivity contribution in [2.75, 3.05) is 13.1 Å². The number of hydrogen-bond donors (Lipinski definition) is 1. The molecule has 0 radical (unpaired) electrons. The fourth-order valence-corrected chi connectivity index (χ4v) is 4.70. The van der Waals surface area contributed by atoms with Crippen molar-refractivity contribution < 1.29 is 5.11 Å². The Morgan fingerprint density at radius 1 is 1.39 bits per heavy atom. The van der Waals surface area contributed by atoms with Crippen LogP contribution in [0.25, 0.3) is 10.1 Å². The molecule has 1 aromatic carbocycles. The molecule has 23 heavy (non-hydrogen) atoms. The fourth-order valence-electron chi connectivity index (χ4n) is 3.58. The number of hydrogen-bond acceptors (Lipinski definition) is 4. The molecular formula is C18H21N3OS. The summed E-state index contributed by atoms with van der Waals surface area (Å²) in [5.41, 5.74) is 0. The van der Waals surface area contributed by atoms with E-state index in [9.17, 15) is 5.11 Å². The summed E-state index contributed by atoms with van der Waals surface area (Å²) in [6.07, 6.45) is 6.36. The van der Waals surface area contributed by atoms with Gasteiger partial charge in [0.15, 0.2) is 0 Å². The van der Waals surface area contributed by atoms with Gasteiger partial charge < -0.3 is 9.67 Å². The highest BCUT2D eigenvalue weighted by Crippen LogP contribution is 2.34. The maximum atomic E-state index is 9.97. The van der Waals surface area contributed by atoms with E-state index in [0.29, 0.717) is 11.7 Å². The lowest BCUT2D eigenvalue weighted by Gasteiger charge is -2.32. The third kappa shape index (κ3) is 2.86. The van der Waals surface area contributed by atoms with Crippen LogP contribution in [0.15, 0.2) is 36.7 Å². The van der Waals surface area contributed by atoms with Crippen molar-refractivity contribution in [2.24, 2.45) is 7.05 Å². The summed E-state index contributed by atoms with van der Waals surface area (Å²) >= 11 is 1.78. The van der Waals surface area contributed by atoms with Gasteiger partial charge in [0.05, 0.1) is 0 Å². The quantitative estimate of drug-likeness (QED) is 0.797. The number of aromatic hydroxyl groups is 1. The van der Waals surface area contributed by atoms with Crippen LogP contribution in [0.2, 0.25) is 0 Å². The molecule has 1 saturated heterocycles. The Labute approximate surface area is 140 Å². The predicted octanol–water partition coefficient (Wildman–Crippen LogP) is 3.72. The van der Waals surface area contributed by atoms with E-state index in [1.165, 1.54) is 23.5 Å². The molecule has 1 atom stereocenters. The molecule has 1 unspecified atom stereocenters. The third-order valence-corrected chi connectivity index (χ3v) is 5.78. The van der Waals surface area contributed by atoms with Crippen LogP contribution in [0.4, 0.5) is 0 Å². The number of aromatic nitrogens is 2. The highest BCUT2D eigenvalue weighted by molar-refractivity contribution is 7.19. The molecule has 0 aliphatic carbocycles. The van der Waals surface area contributed by atoms with Crippen LogP contribution in [0.1, 0.15) is 29.5 Å². The van der Waals surface area contributed by atoms with Crippen LogP contribution >= 0.6 is 11.3 Å². The van der Waals surface area contributed by atoms with Crippen molar-refractivity contribution in [2.45, 2.75) is 25.3 Å². The molecular weight excluding hydrogens is 306 g/mol. The van der Waals surface area contributed by atoms with E-state index in [-0.39, 0.29) is 0 Å². The van der Waals surface area contributed by atoms with E-state index in [1.807, 2.05) is 18.5 Å². The minimum absolute atomic E-state index is 0.384. The zero-order valence-electron chi connectivity index (χ0n) is 13.3. The highest BCUT2D eigenvalue weighted by Gasteiger charge is 2.24. The number of nitrogens with zero attached hydrogens (tertiary/aromatic N) is 3. The van der Waals surface area contributed by atoms with Crippen molar-refractivity contribution in [1.82, 2.24) is 14.5 Å². The van der Waals surface area contributed by atoms with E-state index >= 15 is 0 Å². The van der Waals surface area contributed by atoms with Crippen molar-refractivity contribution in [1.29, 1.82) is 0 Å². The molecule has 1 fully saturated rings. The molecule has 1 N–H and O–H groups in total. The molecule has 0 spiro atoms. The topological polar surface area (TPSA) is 41.3 Å². The summed E-state index contributed by atoms with van der Waals surface area (Å²) in [6, 6.07) is 7.89. The molecule has 120 valence electrons. The van der Waals surface area contributed by atoms with Crippen molar-refractivity contribution in [3.8, 4) is 5.75 Å². The largest absolute Gasteiger partial charge is 0.507 e. The van der Waals surface area contributed by atoms with Gasteiger partial charge in [-0.25, -0.2) is 4.98 Å². The summed E-state index contributed by atoms with van der Waals surface area (Å²) < 4.78 is 3.31. The Hall–Kier alpha value is -1.85. The number of piperidine rings is 1. The molecule has 2 aromatic heterocycles. The van der Waals surface area contributed by atoms with Crippen LogP contribution in [0.3, 0.4) is 0 Å². The molecule has 5 heteroatoms. The molecule has 1 aliphatic rings. The Kier molecular flexibility index (Phi) is 3.83. The van der Waals surface area contributed by atoms with Crippen LogP contribution in [0.5, 0.6) is 5.75 Å². The average molecular weight is 327 g/mol. The Balaban J connectivity index is 1.51. The van der Waals surface area contributed by atoms with Gasteiger partial charge in [-0.2, -0.15) is 0 Å². The zero-order chi connectivity index (χ0) is 15.8. The second kappa shape index (κ2) is 5.98. The zero-order valence-corrected chi connectivity index (χ0v) is 14.1. The number of fused-ring (bicyclic) bond motifs is 1. The van der Waals surface area contributed by atoms with Gasteiger partial charge in [0.2, 0.25) is 0 Å². The first-order chi connectivity index (χ1) is 11.2. The van der Waals surface area contributed by atoms with Crippen LogP contribution in [0, 0.1) is 0 Å². The number of imidazole rings is 1. The first-order valence-electron chi connectivity index (χ1n) is 8.10. The molecule has 1 aliphatic heterocycles. The van der Waals surface area contributed by atoms with Gasteiger partial charge in [0, 0.05) is 53.4 Å². The van der Waals surface area contributed by atoms with Crippen molar-refractivity contribution in [3.63, 3.8) is 0 Å². The second-order valence-electron chi connectivity index (χ2n) is 6.37. The standard InChI is InChI=1S/C18H21N3OS/c1-20-9-7-19-18(20)13-4-3-8-21(11-13)12-14-10-15-16(22)5-2-6-17(15)23-14/h2,5-7,9-10,13,22H,3-4,8,11-12H2,1H3. The lowest BCUT2D eigenvalue weighted by Crippen LogP contribution is -2.34. The monoisotopic (exact) mass is 327 g/mol. The fraction of sp³-hybridized carbons (Fsp3) is 0.389. The summed E-state index contributed by atoms with van der Waals surface area (Å²) in [5, 5.41) is 10.9. The smallest absolute Gasteiger partial charge is 0.124 e. The molecule has 0 amide bonds. The highest BCUT2D eigenvalue weighted by atomic mass is 32.1. The lowest BCUT2D eigenvalue weighted by atomic mass is 9.97. The van der Waals surface area contributed by atoms with E-state index < -0.39 is 0 Å². The van der Waals surface area contributed by atoms with E-state index in [2.05, 4.69) is 33.6 Å². The molecule has 4 rings (SSSR count). The number of benzene rings is 1. The van der Waals surface area contributed by atoms with Gasteiger partial charge in [-0.3, -0.25) is 4.90 Å². The molecule has 4 nitrogen and oxygen atoms in total. The van der Waals surface area contributed by atoms with E-state index in [1.54, 1.807) is 17.4 Å². The first kappa shape index (κ1) is 14.7. The maximum Gasteiger partial charge on any atom is 0.124 e. The van der Waals surface area contributed by atoms with Crippen LogP contribution in [-0.2, 0) is 13.6 Å². The summed E-state index contributed by atoms with van der Waals surface area (Å²) in [7, 11) is 2.08. The minimum Gasteiger partial charge on any atom is -0.507 e. The van der Waals surface area contributed by atoms with Gasteiger partial charge in [-0.1, -0.05) is 6.07 Å². The van der Waals surface area contributed by atoms with E-state index in [4.69, 9.17) is 0 Å². The Morgan fingerprint density at radius 2 is 2.30 bits per heavy atom. The second-order valence-corrected chi connectivity index (χ2v) is 7.54. The molecule has 0 saturated carbocycles. The average Bonchev–Trinajstić information content (AvgIpc) is 3.14. The molecule has 0 bridgehead atoms. The number of likely N-dealkylation sites (tertiary alicyclic amines) is 1. The van der Waals surface area contributed by atoms with Crippen molar-refractivity contribution in [3.05, 3.63) is 47.4 Å². The van der Waals surface area contributed by atoms with Crippen molar-refractivity contribution >= 4 is 21.4 Å². The van der Waals surface area contributed by atoms with Gasteiger partial charge in [0.1, 0.15) is 11.6 Å². The molecule has 3 aromatic rings. The first-order valence-corrected chi connectivity index (χ1v) is 8.92. The summed E-state index contributed by atoms with van der Waals surface area (Å²) in [5.74, 6) is 2.10. The maximum absolute atomic E-state index is 9.97. The summed E-state index contributed by atoms with van der Waals surface area (Å²) in [4.78, 5) is 8.37. The van der Waals surface area contributed by atoms with Crippen LogP contribution < -0.4 is 0 Å². The Bertz CT molecular complexity index is 823. The number of aryl methyl sites for hydroxylation is 1. The van der Waals surface area contributed by atoms with Gasteiger partial charge >= 0.3 is 0 Å². The van der Waals surface area contributed by atoms with Gasteiger partial charge in [-0.05, 0) is 37.6 Å².